The van der Waals surface area contributed by atoms with Crippen LogP contribution in [0, 0.1) is 17.8 Å². The SMILES string of the molecule is CCC(C)CCCCC(C)NC1CC(C)CCCC1C. The fourth-order valence-electron chi connectivity index (χ4n) is 3.60. The van der Waals surface area contributed by atoms with E-state index in [4.69, 9.17) is 0 Å². The van der Waals surface area contributed by atoms with E-state index in [1.807, 2.05) is 0 Å². The van der Waals surface area contributed by atoms with E-state index in [1.54, 1.807) is 0 Å². The van der Waals surface area contributed by atoms with Crippen LogP contribution in [0.25, 0.3) is 0 Å². The lowest BCUT2D eigenvalue weighted by Gasteiger charge is -2.28. The van der Waals surface area contributed by atoms with Gasteiger partial charge in [0.1, 0.15) is 0 Å². The minimum absolute atomic E-state index is 0.699. The second-order valence-corrected chi connectivity index (χ2v) is 7.72. The third-order valence-corrected chi connectivity index (χ3v) is 5.48. The lowest BCUT2D eigenvalue weighted by Crippen LogP contribution is -2.41. The van der Waals surface area contributed by atoms with Crippen LogP contribution in [-0.2, 0) is 0 Å². The summed E-state index contributed by atoms with van der Waals surface area (Å²) in [6, 6.07) is 1.46. The topological polar surface area (TPSA) is 12.0 Å². The highest BCUT2D eigenvalue weighted by Gasteiger charge is 2.24. The lowest BCUT2D eigenvalue weighted by atomic mass is 9.93. The Labute approximate surface area is 128 Å². The van der Waals surface area contributed by atoms with Gasteiger partial charge in [-0.1, -0.05) is 66.2 Å². The Balaban J connectivity index is 2.21. The molecule has 0 amide bonds. The van der Waals surface area contributed by atoms with Gasteiger partial charge in [0.2, 0.25) is 0 Å². The molecule has 1 N–H and O–H groups in total. The zero-order chi connectivity index (χ0) is 15.0. The molecule has 0 heterocycles. The van der Waals surface area contributed by atoms with Gasteiger partial charge in [0.05, 0.1) is 0 Å². The average Bonchev–Trinajstić information content (AvgIpc) is 2.56. The molecule has 1 rings (SSSR count). The molecule has 0 aromatic heterocycles. The van der Waals surface area contributed by atoms with Gasteiger partial charge in [-0.2, -0.15) is 0 Å². The Morgan fingerprint density at radius 2 is 1.75 bits per heavy atom. The van der Waals surface area contributed by atoms with Crippen molar-refractivity contribution < 1.29 is 0 Å². The van der Waals surface area contributed by atoms with E-state index < -0.39 is 0 Å². The monoisotopic (exact) mass is 281 g/mol. The molecule has 0 radical (unpaired) electrons. The Hall–Kier alpha value is -0.0400. The molecule has 1 nitrogen and oxygen atoms in total. The molecule has 0 aliphatic heterocycles. The number of unbranched alkanes of at least 4 members (excludes halogenated alkanes) is 1. The Morgan fingerprint density at radius 1 is 1.05 bits per heavy atom. The molecular formula is C19H39N. The van der Waals surface area contributed by atoms with Crippen molar-refractivity contribution in [3.63, 3.8) is 0 Å². The highest BCUT2D eigenvalue weighted by atomic mass is 14.9. The number of hydrogen-bond donors (Lipinski definition) is 1. The van der Waals surface area contributed by atoms with Crippen LogP contribution in [0.15, 0.2) is 0 Å². The first-order valence-electron chi connectivity index (χ1n) is 9.28. The van der Waals surface area contributed by atoms with Crippen molar-refractivity contribution in [1.29, 1.82) is 0 Å². The summed E-state index contributed by atoms with van der Waals surface area (Å²) in [6.45, 7) is 12.0. The normalized spacial score (nSPS) is 30.8. The van der Waals surface area contributed by atoms with Crippen LogP contribution >= 0.6 is 0 Å². The largest absolute Gasteiger partial charge is 0.311 e. The van der Waals surface area contributed by atoms with Crippen molar-refractivity contribution >= 4 is 0 Å². The summed E-state index contributed by atoms with van der Waals surface area (Å²) in [5.41, 5.74) is 0. The Bertz CT molecular complexity index is 238. The van der Waals surface area contributed by atoms with E-state index in [1.165, 1.54) is 57.8 Å². The number of nitrogens with one attached hydrogen (secondary N) is 1. The molecule has 5 atom stereocenters. The van der Waals surface area contributed by atoms with Crippen LogP contribution < -0.4 is 5.32 Å². The quantitative estimate of drug-likeness (QED) is 0.439. The summed E-state index contributed by atoms with van der Waals surface area (Å²) in [6.07, 6.45) is 12.6. The third kappa shape index (κ3) is 7.11. The highest BCUT2D eigenvalue weighted by molar-refractivity contribution is 4.81. The zero-order valence-corrected chi connectivity index (χ0v) is 14.8. The van der Waals surface area contributed by atoms with Crippen LogP contribution in [-0.4, -0.2) is 12.1 Å². The van der Waals surface area contributed by atoms with Gasteiger partial charge >= 0.3 is 0 Å². The van der Waals surface area contributed by atoms with Crippen LogP contribution in [0.4, 0.5) is 0 Å². The summed E-state index contributed by atoms with van der Waals surface area (Å²) < 4.78 is 0. The number of rotatable bonds is 8. The first-order valence-corrected chi connectivity index (χ1v) is 9.28. The zero-order valence-electron chi connectivity index (χ0n) is 14.8. The van der Waals surface area contributed by atoms with Gasteiger partial charge < -0.3 is 5.32 Å². The lowest BCUT2D eigenvalue weighted by molar-refractivity contribution is 0.299. The molecule has 5 unspecified atom stereocenters. The van der Waals surface area contributed by atoms with Crippen molar-refractivity contribution in [2.24, 2.45) is 17.8 Å². The van der Waals surface area contributed by atoms with Crippen molar-refractivity contribution in [1.82, 2.24) is 5.32 Å². The molecule has 20 heavy (non-hydrogen) atoms. The molecule has 1 saturated carbocycles. The van der Waals surface area contributed by atoms with E-state index in [0.717, 1.165) is 23.8 Å². The van der Waals surface area contributed by atoms with E-state index in [9.17, 15) is 0 Å². The van der Waals surface area contributed by atoms with Gasteiger partial charge in [0.15, 0.2) is 0 Å². The molecule has 120 valence electrons. The standard InChI is InChI=1S/C19H39N/c1-6-15(2)10-7-8-13-18(5)20-19-14-16(3)11-9-12-17(19)4/h15-20H,6-14H2,1-5H3. The Morgan fingerprint density at radius 3 is 2.45 bits per heavy atom. The second-order valence-electron chi connectivity index (χ2n) is 7.72. The second kappa shape index (κ2) is 9.82. The molecule has 1 aliphatic carbocycles. The summed E-state index contributed by atoms with van der Waals surface area (Å²) in [5.74, 6) is 2.69. The molecule has 0 bridgehead atoms. The molecule has 1 heteroatoms. The molecule has 0 spiro atoms. The van der Waals surface area contributed by atoms with Gasteiger partial charge in [-0.15, -0.1) is 0 Å². The van der Waals surface area contributed by atoms with Crippen molar-refractivity contribution in [3.05, 3.63) is 0 Å². The van der Waals surface area contributed by atoms with Gasteiger partial charge in [-0.25, -0.2) is 0 Å². The van der Waals surface area contributed by atoms with Crippen molar-refractivity contribution in [2.75, 3.05) is 0 Å². The highest BCUT2D eigenvalue weighted by Crippen LogP contribution is 2.27. The van der Waals surface area contributed by atoms with Gasteiger partial charge in [0.25, 0.3) is 0 Å². The fraction of sp³-hybridized carbons (Fsp3) is 1.00. The van der Waals surface area contributed by atoms with Gasteiger partial charge in [0, 0.05) is 12.1 Å². The van der Waals surface area contributed by atoms with E-state index in [0.29, 0.717) is 6.04 Å². The fourth-order valence-corrected chi connectivity index (χ4v) is 3.60. The molecule has 1 fully saturated rings. The minimum atomic E-state index is 0.699. The maximum Gasteiger partial charge on any atom is 0.00977 e. The summed E-state index contributed by atoms with van der Waals surface area (Å²) >= 11 is 0. The summed E-state index contributed by atoms with van der Waals surface area (Å²) in [7, 11) is 0. The predicted molar refractivity (Wildman–Crippen MR) is 91.1 cm³/mol. The van der Waals surface area contributed by atoms with Crippen LogP contribution in [0.2, 0.25) is 0 Å². The van der Waals surface area contributed by atoms with Crippen LogP contribution in [0.1, 0.15) is 92.4 Å². The molecule has 1 aliphatic rings. The molecule has 0 aromatic carbocycles. The van der Waals surface area contributed by atoms with E-state index in [2.05, 4.69) is 39.9 Å². The maximum absolute atomic E-state index is 3.94. The third-order valence-electron chi connectivity index (χ3n) is 5.48. The maximum atomic E-state index is 3.94. The molecule has 0 saturated heterocycles. The summed E-state index contributed by atoms with van der Waals surface area (Å²) in [5, 5.41) is 3.94. The van der Waals surface area contributed by atoms with Gasteiger partial charge in [-0.3, -0.25) is 0 Å². The molecular weight excluding hydrogens is 242 g/mol. The Kier molecular flexibility index (Phi) is 8.84. The van der Waals surface area contributed by atoms with E-state index >= 15 is 0 Å². The van der Waals surface area contributed by atoms with Gasteiger partial charge in [-0.05, 0) is 43.9 Å². The average molecular weight is 282 g/mol. The summed E-state index contributed by atoms with van der Waals surface area (Å²) in [4.78, 5) is 0. The van der Waals surface area contributed by atoms with E-state index in [-0.39, 0.29) is 0 Å². The van der Waals surface area contributed by atoms with Crippen LogP contribution in [0.5, 0.6) is 0 Å². The van der Waals surface area contributed by atoms with Crippen molar-refractivity contribution in [2.45, 2.75) is 104 Å². The smallest absolute Gasteiger partial charge is 0.00977 e. The van der Waals surface area contributed by atoms with Crippen LogP contribution in [0.3, 0.4) is 0 Å². The molecule has 0 aromatic rings. The first-order chi connectivity index (χ1) is 9.52. The number of hydrogen-bond acceptors (Lipinski definition) is 1. The predicted octanol–water partition coefficient (Wildman–Crippen LogP) is 5.79. The minimum Gasteiger partial charge on any atom is -0.311 e. The van der Waals surface area contributed by atoms with Crippen molar-refractivity contribution in [3.8, 4) is 0 Å². The first kappa shape index (κ1) is 18.0.